The van der Waals surface area contributed by atoms with Gasteiger partial charge in [0.2, 0.25) is 0 Å². The van der Waals surface area contributed by atoms with Crippen molar-refractivity contribution in [1.82, 2.24) is 5.09 Å². The Morgan fingerprint density at radius 2 is 1.70 bits per heavy atom. The number of nitrogens with one attached hydrogen (secondary N) is 1. The largest absolute Gasteiger partial charge is 0.508 e. The van der Waals surface area contributed by atoms with E-state index >= 15 is 0 Å². The van der Waals surface area contributed by atoms with Crippen LogP contribution in [0.2, 0.25) is 0 Å². The van der Waals surface area contributed by atoms with E-state index in [0.717, 1.165) is 0 Å². The standard InChI is InChI=1S/C7H16NO2P.C6H6O.C2H6/c1-5(2)10-7(9)6(3)8-11-4;7-6-4-2-1-3-5-6;1-2/h5-6,8,11H,1-4H3;1-5,7H;1-2H3/t6-;;/m1../s1. The molecule has 1 unspecified atom stereocenters. The third-order valence-corrected chi connectivity index (χ3v) is 2.54. The number of para-hydroxylation sites is 1. The lowest BCUT2D eigenvalue weighted by atomic mass is 10.3. The van der Waals surface area contributed by atoms with E-state index in [1.54, 1.807) is 31.2 Å². The monoisotopic (exact) mass is 301 g/mol. The van der Waals surface area contributed by atoms with Crippen molar-refractivity contribution >= 4 is 14.7 Å². The van der Waals surface area contributed by atoms with Crippen LogP contribution in [0, 0.1) is 0 Å². The van der Waals surface area contributed by atoms with E-state index in [9.17, 15) is 4.79 Å². The summed E-state index contributed by atoms with van der Waals surface area (Å²) in [7, 11) is 0.577. The molecule has 0 heterocycles. The summed E-state index contributed by atoms with van der Waals surface area (Å²) in [5, 5.41) is 11.6. The van der Waals surface area contributed by atoms with Crippen LogP contribution in [0.3, 0.4) is 0 Å². The van der Waals surface area contributed by atoms with Crippen LogP contribution in [0.15, 0.2) is 30.3 Å². The van der Waals surface area contributed by atoms with Gasteiger partial charge in [-0.3, -0.25) is 9.88 Å². The molecule has 0 aliphatic rings. The Morgan fingerprint density at radius 1 is 1.20 bits per heavy atom. The number of rotatable bonds is 4. The smallest absolute Gasteiger partial charge is 0.323 e. The van der Waals surface area contributed by atoms with Crippen LogP contribution in [0.4, 0.5) is 0 Å². The van der Waals surface area contributed by atoms with E-state index in [2.05, 4.69) is 5.09 Å². The summed E-state index contributed by atoms with van der Waals surface area (Å²) in [6.45, 7) is 11.5. The third-order valence-electron chi connectivity index (χ3n) is 1.82. The molecule has 5 heteroatoms. The number of carbonyl (C=O) groups is 1. The summed E-state index contributed by atoms with van der Waals surface area (Å²) in [4.78, 5) is 11.1. The number of esters is 1. The second-order valence-electron chi connectivity index (χ2n) is 3.94. The van der Waals surface area contributed by atoms with Crippen molar-refractivity contribution in [2.75, 3.05) is 6.66 Å². The van der Waals surface area contributed by atoms with Crippen LogP contribution in [0.1, 0.15) is 34.6 Å². The molecule has 0 amide bonds. The number of hydrogen-bond donors (Lipinski definition) is 2. The molecule has 0 aromatic heterocycles. The molecule has 0 saturated heterocycles. The summed E-state index contributed by atoms with van der Waals surface area (Å²) >= 11 is 0. The van der Waals surface area contributed by atoms with Gasteiger partial charge in [0.25, 0.3) is 0 Å². The maximum absolute atomic E-state index is 11.1. The average Bonchev–Trinajstić information content (AvgIpc) is 2.42. The minimum Gasteiger partial charge on any atom is -0.508 e. The van der Waals surface area contributed by atoms with E-state index in [1.807, 2.05) is 40.4 Å². The maximum Gasteiger partial charge on any atom is 0.323 e. The normalized spacial score (nSPS) is 11.2. The van der Waals surface area contributed by atoms with Gasteiger partial charge in [-0.25, -0.2) is 0 Å². The quantitative estimate of drug-likeness (QED) is 0.659. The lowest BCUT2D eigenvalue weighted by Crippen LogP contribution is -2.31. The van der Waals surface area contributed by atoms with Crippen LogP contribution in [-0.4, -0.2) is 29.9 Å². The summed E-state index contributed by atoms with van der Waals surface area (Å²) in [6, 6.07) is 8.53. The van der Waals surface area contributed by atoms with Crippen molar-refractivity contribution in [1.29, 1.82) is 0 Å². The molecule has 0 fully saturated rings. The van der Waals surface area contributed by atoms with Crippen molar-refractivity contribution in [3.05, 3.63) is 30.3 Å². The van der Waals surface area contributed by atoms with E-state index in [4.69, 9.17) is 9.84 Å². The molecule has 1 aromatic rings. The van der Waals surface area contributed by atoms with Crippen molar-refractivity contribution in [2.24, 2.45) is 0 Å². The number of hydrogen-bond acceptors (Lipinski definition) is 4. The number of phenols is 1. The van der Waals surface area contributed by atoms with Gasteiger partial charge in [0, 0.05) is 0 Å². The van der Waals surface area contributed by atoms with Crippen molar-refractivity contribution in [3.8, 4) is 5.75 Å². The molecule has 1 rings (SSSR count). The molecule has 1 aromatic carbocycles. The molecule has 2 atom stereocenters. The first-order valence-corrected chi connectivity index (χ1v) is 8.34. The van der Waals surface area contributed by atoms with Crippen LogP contribution < -0.4 is 5.09 Å². The highest BCUT2D eigenvalue weighted by molar-refractivity contribution is 7.34. The zero-order valence-corrected chi connectivity index (χ0v) is 14.3. The van der Waals surface area contributed by atoms with Gasteiger partial charge in [-0.1, -0.05) is 40.8 Å². The molecule has 0 aliphatic carbocycles. The number of ether oxygens (including phenoxy) is 1. The number of aromatic hydroxyl groups is 1. The average molecular weight is 301 g/mol. The fraction of sp³-hybridized carbons (Fsp3) is 0.533. The number of carbonyl (C=O) groups excluding carboxylic acids is 1. The molecule has 116 valence electrons. The summed E-state index contributed by atoms with van der Waals surface area (Å²) in [5.74, 6) is 0.150. The first-order valence-electron chi connectivity index (χ1n) is 6.84. The van der Waals surface area contributed by atoms with Crippen molar-refractivity contribution in [2.45, 2.75) is 46.8 Å². The van der Waals surface area contributed by atoms with Gasteiger partial charge in [0.05, 0.1) is 6.10 Å². The second kappa shape index (κ2) is 14.3. The molecule has 20 heavy (non-hydrogen) atoms. The summed E-state index contributed by atoms with van der Waals surface area (Å²) in [5.41, 5.74) is 0. The highest BCUT2D eigenvalue weighted by Gasteiger charge is 2.13. The third kappa shape index (κ3) is 13.3. The molecule has 0 spiro atoms. The topological polar surface area (TPSA) is 58.6 Å². The summed E-state index contributed by atoms with van der Waals surface area (Å²) < 4.78 is 4.97. The van der Waals surface area contributed by atoms with Crippen molar-refractivity contribution in [3.63, 3.8) is 0 Å². The lowest BCUT2D eigenvalue weighted by Gasteiger charge is -2.13. The number of benzene rings is 1. The van der Waals surface area contributed by atoms with Gasteiger partial charge in [-0.15, -0.1) is 0 Å². The van der Waals surface area contributed by atoms with Gasteiger partial charge in [0.1, 0.15) is 11.8 Å². The molecule has 0 radical (unpaired) electrons. The Kier molecular flexibility index (Phi) is 15.1. The minimum atomic E-state index is -0.180. The summed E-state index contributed by atoms with van der Waals surface area (Å²) in [6.07, 6.45) is -0.0214. The molecular weight excluding hydrogens is 273 g/mol. The molecule has 0 saturated carbocycles. The van der Waals surface area contributed by atoms with Gasteiger partial charge in [-0.05, 0) is 39.6 Å². The minimum absolute atomic E-state index is 0.0214. The Bertz CT molecular complexity index is 331. The predicted octanol–water partition coefficient (Wildman–Crippen LogP) is 3.56. The lowest BCUT2D eigenvalue weighted by molar-refractivity contribution is -0.148. The Morgan fingerprint density at radius 3 is 2.00 bits per heavy atom. The Hall–Kier alpha value is -1.12. The molecule has 2 N–H and O–H groups in total. The Labute approximate surface area is 124 Å². The first kappa shape index (κ1) is 21.2. The number of phenolic OH excluding ortho intramolecular Hbond substituents is 1. The van der Waals surface area contributed by atoms with E-state index in [-0.39, 0.29) is 18.1 Å². The SMILES string of the molecule is CC.CPN[C@H](C)C(=O)OC(C)C.Oc1ccccc1. The molecule has 0 aliphatic heterocycles. The zero-order chi connectivity index (χ0) is 16.0. The van der Waals surface area contributed by atoms with Crippen LogP contribution in [0.5, 0.6) is 5.75 Å². The van der Waals surface area contributed by atoms with Gasteiger partial charge < -0.3 is 9.84 Å². The maximum atomic E-state index is 11.1. The first-order chi connectivity index (χ1) is 9.47. The van der Waals surface area contributed by atoms with Crippen LogP contribution >= 0.6 is 8.73 Å². The van der Waals surface area contributed by atoms with Gasteiger partial charge >= 0.3 is 5.97 Å². The van der Waals surface area contributed by atoms with E-state index in [0.29, 0.717) is 14.5 Å². The Balaban J connectivity index is 0. The van der Waals surface area contributed by atoms with Crippen molar-refractivity contribution < 1.29 is 14.6 Å². The van der Waals surface area contributed by atoms with Crippen LogP contribution in [0.25, 0.3) is 0 Å². The highest BCUT2D eigenvalue weighted by Crippen LogP contribution is 2.03. The van der Waals surface area contributed by atoms with E-state index in [1.165, 1.54) is 0 Å². The molecular formula is C15H28NO3P. The van der Waals surface area contributed by atoms with Gasteiger partial charge in [-0.2, -0.15) is 0 Å². The van der Waals surface area contributed by atoms with Gasteiger partial charge in [0.15, 0.2) is 0 Å². The second-order valence-corrected chi connectivity index (χ2v) is 4.73. The van der Waals surface area contributed by atoms with E-state index < -0.39 is 0 Å². The fourth-order valence-electron chi connectivity index (χ4n) is 1.04. The zero-order valence-electron chi connectivity index (χ0n) is 13.3. The van der Waals surface area contributed by atoms with Crippen LogP contribution in [-0.2, 0) is 9.53 Å². The molecule has 4 nitrogen and oxygen atoms in total. The fourth-order valence-corrected chi connectivity index (χ4v) is 1.59. The highest BCUT2D eigenvalue weighted by atomic mass is 31.1. The predicted molar refractivity (Wildman–Crippen MR) is 87.5 cm³/mol. The molecule has 0 bridgehead atoms.